The number of benzene rings is 2. The average molecular weight is 534 g/mol. The van der Waals surface area contributed by atoms with Crippen molar-refractivity contribution in [1.82, 2.24) is 9.97 Å². The van der Waals surface area contributed by atoms with Gasteiger partial charge >= 0.3 is 12.1 Å². The molecule has 2 aromatic heterocycles. The van der Waals surface area contributed by atoms with Crippen molar-refractivity contribution in [2.24, 2.45) is 0 Å². The molecule has 38 heavy (non-hydrogen) atoms. The minimum absolute atomic E-state index is 0.0872. The third kappa shape index (κ3) is 6.71. The van der Waals surface area contributed by atoms with Gasteiger partial charge in [0.05, 0.1) is 7.11 Å². The van der Waals surface area contributed by atoms with Crippen LogP contribution in [-0.2, 0) is 22.2 Å². The largest absolute Gasteiger partial charge is 0.504 e. The first kappa shape index (κ1) is 26.7. The quantitative estimate of drug-likeness (QED) is 0.215. The summed E-state index contributed by atoms with van der Waals surface area (Å²) in [6, 6.07) is 17.4. The van der Waals surface area contributed by atoms with Gasteiger partial charge in [-0.15, -0.1) is 0 Å². The molecule has 0 spiro atoms. The van der Waals surface area contributed by atoms with Gasteiger partial charge in [-0.1, -0.05) is 42.5 Å². The number of hydrogen-bond donors (Lipinski definition) is 1. The lowest BCUT2D eigenvalue weighted by molar-refractivity contribution is 0.0588. The maximum absolute atomic E-state index is 13.4. The Kier molecular flexibility index (Phi) is 8.01. The molecule has 0 bridgehead atoms. The van der Waals surface area contributed by atoms with E-state index in [2.05, 4.69) is 15.3 Å². The molecule has 0 saturated carbocycles. The number of aromatic nitrogens is 2. The Labute approximate surface area is 220 Å². The van der Waals surface area contributed by atoms with Crippen molar-refractivity contribution in [2.45, 2.75) is 32.7 Å². The van der Waals surface area contributed by atoms with Crippen LogP contribution >= 0.6 is 0 Å². The Bertz CT molecular complexity index is 1460. The third-order valence-corrected chi connectivity index (χ3v) is 6.20. The van der Waals surface area contributed by atoms with E-state index in [1.165, 1.54) is 19.2 Å². The fourth-order valence-corrected chi connectivity index (χ4v) is 4.34. The number of anilines is 1. The molecule has 0 radical (unpaired) electrons. The van der Waals surface area contributed by atoms with Gasteiger partial charge in [-0.25, -0.2) is 19.0 Å². The second-order valence-corrected chi connectivity index (χ2v) is 14.0. The SMILES string of the molecule is COC(=O)c1nc(NC(=O)O[Si](C)(C)C)c2cc(Cc3ccc(F)cc3)cnc2c1OCc1ccccc1. The molecule has 2 aromatic carbocycles. The second kappa shape index (κ2) is 11.4. The first-order valence-corrected chi connectivity index (χ1v) is 15.4. The van der Waals surface area contributed by atoms with E-state index in [1.54, 1.807) is 24.4 Å². The number of hydrogen-bond acceptors (Lipinski definition) is 7. The Balaban J connectivity index is 1.82. The predicted octanol–water partition coefficient (Wildman–Crippen LogP) is 6.11. The maximum atomic E-state index is 13.4. The molecule has 1 N–H and O–H groups in total. The Morgan fingerprint density at radius 2 is 1.68 bits per heavy atom. The summed E-state index contributed by atoms with van der Waals surface area (Å²) < 4.78 is 29.9. The van der Waals surface area contributed by atoms with Crippen LogP contribution in [0.5, 0.6) is 5.75 Å². The summed E-state index contributed by atoms with van der Waals surface area (Å²) in [4.78, 5) is 34.4. The Hall–Kier alpha value is -4.31. The first-order chi connectivity index (χ1) is 18.1. The zero-order chi connectivity index (χ0) is 27.3. The summed E-state index contributed by atoms with van der Waals surface area (Å²) in [5.41, 5.74) is 2.73. The number of amides is 1. The normalized spacial score (nSPS) is 11.2. The molecule has 10 heteroatoms. The van der Waals surface area contributed by atoms with Gasteiger partial charge < -0.3 is 13.9 Å². The number of carbonyl (C=O) groups excluding carboxylic acids is 2. The number of pyridine rings is 2. The zero-order valence-corrected chi connectivity index (χ0v) is 22.6. The molecule has 0 aliphatic carbocycles. The molecular formula is C28H28FN3O5Si. The molecule has 0 fully saturated rings. The Morgan fingerprint density at radius 3 is 2.34 bits per heavy atom. The molecule has 4 rings (SSSR count). The monoisotopic (exact) mass is 533 g/mol. The molecule has 0 saturated heterocycles. The molecular weight excluding hydrogens is 505 g/mol. The van der Waals surface area contributed by atoms with Crippen molar-refractivity contribution in [2.75, 3.05) is 12.4 Å². The smallest absolute Gasteiger partial charge is 0.399 e. The van der Waals surface area contributed by atoms with Crippen LogP contribution in [0.3, 0.4) is 0 Å². The van der Waals surface area contributed by atoms with Gasteiger partial charge in [0.25, 0.3) is 0 Å². The molecule has 0 unspecified atom stereocenters. The van der Waals surface area contributed by atoms with Gasteiger partial charge in [0.1, 0.15) is 23.8 Å². The highest BCUT2D eigenvalue weighted by molar-refractivity contribution is 6.71. The molecule has 0 atom stereocenters. The molecule has 196 valence electrons. The van der Waals surface area contributed by atoms with Crippen LogP contribution < -0.4 is 10.1 Å². The fraction of sp³-hybridized carbons (Fsp3) is 0.214. The van der Waals surface area contributed by atoms with Crippen molar-refractivity contribution in [1.29, 1.82) is 0 Å². The van der Waals surface area contributed by atoms with Crippen molar-refractivity contribution >= 4 is 37.1 Å². The summed E-state index contributed by atoms with van der Waals surface area (Å²) in [5.74, 6) is -0.844. The van der Waals surface area contributed by atoms with E-state index in [1.807, 2.05) is 50.0 Å². The van der Waals surface area contributed by atoms with Crippen LogP contribution in [0, 0.1) is 5.82 Å². The number of nitrogens with zero attached hydrogens (tertiary/aromatic N) is 2. The summed E-state index contributed by atoms with van der Waals surface area (Å²) in [7, 11) is -0.977. The van der Waals surface area contributed by atoms with Crippen LogP contribution in [0.4, 0.5) is 15.0 Å². The number of halogens is 1. The second-order valence-electron chi connectivity index (χ2n) is 9.57. The summed E-state index contributed by atoms with van der Waals surface area (Å²) in [6.45, 7) is 5.79. The minimum Gasteiger partial charge on any atom is -0.504 e. The zero-order valence-electron chi connectivity index (χ0n) is 21.6. The fourth-order valence-electron chi connectivity index (χ4n) is 3.74. The lowest BCUT2D eigenvalue weighted by Crippen LogP contribution is -2.32. The third-order valence-electron chi connectivity index (χ3n) is 5.40. The van der Waals surface area contributed by atoms with E-state index in [4.69, 9.17) is 13.9 Å². The van der Waals surface area contributed by atoms with Gasteiger partial charge in [-0.3, -0.25) is 10.3 Å². The molecule has 0 aliphatic rings. The predicted molar refractivity (Wildman–Crippen MR) is 144 cm³/mol. The number of fused-ring (bicyclic) bond motifs is 1. The lowest BCUT2D eigenvalue weighted by Gasteiger charge is -2.19. The summed E-state index contributed by atoms with van der Waals surface area (Å²) in [5, 5.41) is 3.12. The van der Waals surface area contributed by atoms with Crippen LogP contribution in [0.15, 0.2) is 66.9 Å². The van der Waals surface area contributed by atoms with Crippen LogP contribution in [-0.4, -0.2) is 37.5 Å². The van der Waals surface area contributed by atoms with E-state index in [9.17, 15) is 14.0 Å². The molecule has 4 aromatic rings. The standard InChI is InChI=1S/C28H28FN3O5Si/c1-35-27(33)24-25(36-17-19-8-6-5-7-9-19)23-22(26(31-24)32-28(34)37-38(2,3)4)15-20(16-30-23)14-18-10-12-21(29)13-11-18/h5-13,15-16H,14,17H2,1-4H3,(H,31,32,34). The summed E-state index contributed by atoms with van der Waals surface area (Å²) in [6.07, 6.45) is 1.42. The van der Waals surface area contributed by atoms with E-state index < -0.39 is 20.4 Å². The van der Waals surface area contributed by atoms with E-state index in [0.717, 1.165) is 16.7 Å². The minimum atomic E-state index is -2.21. The van der Waals surface area contributed by atoms with Crippen molar-refractivity contribution in [3.8, 4) is 5.75 Å². The first-order valence-electron chi connectivity index (χ1n) is 11.9. The highest BCUT2D eigenvalue weighted by Gasteiger charge is 2.26. The number of methoxy groups -OCH3 is 1. The van der Waals surface area contributed by atoms with E-state index >= 15 is 0 Å². The molecule has 2 heterocycles. The number of esters is 1. The molecule has 8 nitrogen and oxygen atoms in total. The van der Waals surface area contributed by atoms with E-state index in [-0.39, 0.29) is 29.7 Å². The number of rotatable bonds is 8. The number of ether oxygens (including phenoxy) is 2. The number of nitrogens with one attached hydrogen (secondary N) is 1. The molecule has 1 amide bonds. The van der Waals surface area contributed by atoms with Crippen LogP contribution in [0.1, 0.15) is 27.2 Å². The van der Waals surface area contributed by atoms with Crippen molar-refractivity contribution in [3.63, 3.8) is 0 Å². The topological polar surface area (TPSA) is 99.6 Å². The molecule has 0 aliphatic heterocycles. The van der Waals surface area contributed by atoms with Gasteiger partial charge in [-0.05, 0) is 61.0 Å². The van der Waals surface area contributed by atoms with Crippen molar-refractivity contribution in [3.05, 3.63) is 95.1 Å². The van der Waals surface area contributed by atoms with Gasteiger partial charge in [0.2, 0.25) is 8.32 Å². The van der Waals surface area contributed by atoms with E-state index in [0.29, 0.717) is 17.3 Å². The van der Waals surface area contributed by atoms with Gasteiger partial charge in [0.15, 0.2) is 11.4 Å². The lowest BCUT2D eigenvalue weighted by atomic mass is 10.0. The maximum Gasteiger partial charge on any atom is 0.399 e. The highest BCUT2D eigenvalue weighted by atomic mass is 28.4. The van der Waals surface area contributed by atoms with Crippen LogP contribution in [0.25, 0.3) is 10.9 Å². The average Bonchev–Trinajstić information content (AvgIpc) is 2.88. The Morgan fingerprint density at radius 1 is 0.974 bits per heavy atom. The van der Waals surface area contributed by atoms with Crippen molar-refractivity contribution < 1.29 is 27.9 Å². The van der Waals surface area contributed by atoms with Gasteiger partial charge in [-0.2, -0.15) is 0 Å². The number of carbonyl (C=O) groups is 2. The van der Waals surface area contributed by atoms with Crippen LogP contribution in [0.2, 0.25) is 19.6 Å². The van der Waals surface area contributed by atoms with Gasteiger partial charge in [0, 0.05) is 11.6 Å². The highest BCUT2D eigenvalue weighted by Crippen LogP contribution is 2.34. The summed E-state index contributed by atoms with van der Waals surface area (Å²) >= 11 is 0.